The zero-order valence-corrected chi connectivity index (χ0v) is 5.02. The van der Waals surface area contributed by atoms with Gasteiger partial charge in [-0.1, -0.05) is 0 Å². The van der Waals surface area contributed by atoms with Crippen molar-refractivity contribution in [1.82, 2.24) is 0 Å². The standard InChI is InChI=1S/C6H10O2.2K.2H/c1-6(8)4-2-3-5-7;;;;/h5H,2-4H2,1H3;;;;. The van der Waals surface area contributed by atoms with Crippen LogP contribution in [0.5, 0.6) is 0 Å². The Morgan fingerprint density at radius 2 is 1.90 bits per heavy atom. The molecule has 0 fully saturated rings. The van der Waals surface area contributed by atoms with E-state index in [-0.39, 0.29) is 109 Å². The van der Waals surface area contributed by atoms with E-state index < -0.39 is 0 Å². The van der Waals surface area contributed by atoms with Gasteiger partial charge in [0.05, 0.1) is 0 Å². The molecule has 50 valence electrons. The van der Waals surface area contributed by atoms with Crippen LogP contribution in [0.2, 0.25) is 0 Å². The summed E-state index contributed by atoms with van der Waals surface area (Å²) in [5.41, 5.74) is 0. The van der Waals surface area contributed by atoms with Crippen LogP contribution in [0.15, 0.2) is 0 Å². The summed E-state index contributed by atoms with van der Waals surface area (Å²) in [6.07, 6.45) is 2.60. The van der Waals surface area contributed by atoms with Crippen molar-refractivity contribution in [3.63, 3.8) is 0 Å². The van der Waals surface area contributed by atoms with Gasteiger partial charge in [0.2, 0.25) is 0 Å². The zero-order valence-electron chi connectivity index (χ0n) is 5.02. The summed E-state index contributed by atoms with van der Waals surface area (Å²) in [6.45, 7) is 1.53. The van der Waals surface area contributed by atoms with Crippen LogP contribution in [0, 0.1) is 0 Å². The van der Waals surface area contributed by atoms with E-state index in [2.05, 4.69) is 0 Å². The molecule has 0 saturated carbocycles. The third-order valence-corrected chi connectivity index (χ3v) is 0.851. The van der Waals surface area contributed by atoms with Gasteiger partial charge in [0.25, 0.3) is 0 Å². The molecule has 10 heavy (non-hydrogen) atoms. The number of hydrogen-bond acceptors (Lipinski definition) is 2. The average molecular weight is 194 g/mol. The number of aldehydes is 1. The Morgan fingerprint density at radius 1 is 1.40 bits per heavy atom. The first-order valence-electron chi connectivity index (χ1n) is 2.70. The van der Waals surface area contributed by atoms with Crippen LogP contribution in [-0.2, 0) is 9.59 Å². The molecule has 0 aromatic rings. The second-order valence-corrected chi connectivity index (χ2v) is 1.76. The molecule has 0 saturated heterocycles. The molecule has 2 nitrogen and oxygen atoms in total. The first kappa shape index (κ1) is 18.4. The minimum absolute atomic E-state index is 0. The maximum atomic E-state index is 10.2. The summed E-state index contributed by atoms with van der Waals surface area (Å²) in [6, 6.07) is 0. The third kappa shape index (κ3) is 16.9. The fraction of sp³-hybridized carbons (Fsp3) is 0.667. The summed E-state index contributed by atoms with van der Waals surface area (Å²) < 4.78 is 0. The molecule has 0 aliphatic carbocycles. The molecule has 0 atom stereocenters. The van der Waals surface area contributed by atoms with Crippen molar-refractivity contribution in [2.24, 2.45) is 0 Å². The molecule has 0 N–H and O–H groups in total. The van der Waals surface area contributed by atoms with Crippen molar-refractivity contribution in [2.75, 3.05) is 0 Å². The van der Waals surface area contributed by atoms with Crippen molar-refractivity contribution < 1.29 is 9.59 Å². The van der Waals surface area contributed by atoms with Crippen LogP contribution in [0.4, 0.5) is 0 Å². The SMILES string of the molecule is CC(=O)CCCC=O.[KH].[KH]. The number of rotatable bonds is 4. The molecular formula is C6H12K2O2. The number of carbonyl (C=O) groups excluding carboxylic acids is 2. The first-order valence-corrected chi connectivity index (χ1v) is 2.70. The van der Waals surface area contributed by atoms with E-state index in [1.807, 2.05) is 0 Å². The molecule has 0 aromatic carbocycles. The fourth-order valence-corrected chi connectivity index (χ4v) is 0.434. The van der Waals surface area contributed by atoms with E-state index in [0.717, 1.165) is 6.29 Å². The van der Waals surface area contributed by atoms with Gasteiger partial charge in [-0.05, 0) is 13.3 Å². The molecular weight excluding hydrogens is 182 g/mol. The average Bonchev–Trinajstić information content (AvgIpc) is 1.66. The van der Waals surface area contributed by atoms with Crippen LogP contribution in [-0.4, -0.2) is 115 Å². The number of unbranched alkanes of at least 4 members (excludes halogenated alkanes) is 1. The minimum atomic E-state index is 0. The molecule has 0 aromatic heterocycles. The zero-order chi connectivity index (χ0) is 6.41. The van der Waals surface area contributed by atoms with Crippen LogP contribution < -0.4 is 0 Å². The van der Waals surface area contributed by atoms with Crippen molar-refractivity contribution >= 4 is 115 Å². The van der Waals surface area contributed by atoms with E-state index in [0.29, 0.717) is 19.3 Å². The Morgan fingerprint density at radius 3 is 2.20 bits per heavy atom. The van der Waals surface area contributed by atoms with Gasteiger partial charge in [-0.2, -0.15) is 0 Å². The van der Waals surface area contributed by atoms with Gasteiger partial charge in [-0.25, -0.2) is 0 Å². The predicted octanol–water partition coefficient (Wildman–Crippen LogP) is -0.352. The second kappa shape index (κ2) is 14.2. The summed E-state index contributed by atoms with van der Waals surface area (Å²) >= 11 is 0. The van der Waals surface area contributed by atoms with Gasteiger partial charge >= 0.3 is 103 Å². The summed E-state index contributed by atoms with van der Waals surface area (Å²) in [5.74, 6) is 0.159. The van der Waals surface area contributed by atoms with Gasteiger partial charge in [-0.3, -0.25) is 0 Å². The van der Waals surface area contributed by atoms with Gasteiger partial charge in [0.15, 0.2) is 0 Å². The summed E-state index contributed by atoms with van der Waals surface area (Å²) in [4.78, 5) is 19.9. The van der Waals surface area contributed by atoms with Crippen molar-refractivity contribution in [3.8, 4) is 0 Å². The van der Waals surface area contributed by atoms with E-state index >= 15 is 0 Å². The van der Waals surface area contributed by atoms with Gasteiger partial charge in [0, 0.05) is 12.8 Å². The van der Waals surface area contributed by atoms with Crippen LogP contribution in [0.3, 0.4) is 0 Å². The Kier molecular flexibility index (Phi) is 26.1. The van der Waals surface area contributed by atoms with E-state index in [1.165, 1.54) is 6.92 Å². The molecule has 0 aliphatic heterocycles. The quantitative estimate of drug-likeness (QED) is 0.348. The molecule has 0 bridgehead atoms. The Bertz CT molecular complexity index is 93.7. The van der Waals surface area contributed by atoms with Gasteiger partial charge in [-0.15, -0.1) is 0 Å². The first-order chi connectivity index (χ1) is 3.77. The van der Waals surface area contributed by atoms with Crippen molar-refractivity contribution in [1.29, 1.82) is 0 Å². The van der Waals surface area contributed by atoms with Crippen molar-refractivity contribution in [3.05, 3.63) is 0 Å². The number of carbonyl (C=O) groups is 2. The number of Topliss-reactive ketones (excluding diaryl/α,β-unsaturated/α-hetero) is 1. The summed E-state index contributed by atoms with van der Waals surface area (Å²) in [7, 11) is 0. The second-order valence-electron chi connectivity index (χ2n) is 1.76. The van der Waals surface area contributed by atoms with Crippen LogP contribution in [0.1, 0.15) is 26.2 Å². The molecule has 4 heteroatoms. The van der Waals surface area contributed by atoms with E-state index in [4.69, 9.17) is 0 Å². The number of ketones is 1. The Balaban J connectivity index is -0.000000245. The van der Waals surface area contributed by atoms with E-state index in [1.54, 1.807) is 0 Å². The Labute approximate surface area is 147 Å². The molecule has 0 radical (unpaired) electrons. The van der Waals surface area contributed by atoms with Gasteiger partial charge < -0.3 is 9.59 Å². The molecule has 0 amide bonds. The predicted molar refractivity (Wildman–Crippen MR) is 44.9 cm³/mol. The van der Waals surface area contributed by atoms with Crippen LogP contribution in [0.25, 0.3) is 0 Å². The molecule has 0 rings (SSSR count). The normalized spacial score (nSPS) is 6.90. The monoisotopic (exact) mass is 194 g/mol. The maximum absolute atomic E-state index is 10.2. The third-order valence-electron chi connectivity index (χ3n) is 0.851. The summed E-state index contributed by atoms with van der Waals surface area (Å²) in [5, 5.41) is 0. The van der Waals surface area contributed by atoms with Crippen LogP contribution >= 0.6 is 0 Å². The fourth-order valence-electron chi connectivity index (χ4n) is 0.434. The topological polar surface area (TPSA) is 34.1 Å². The number of hydrogen-bond donors (Lipinski definition) is 0. The Hall–Kier alpha value is 2.61. The van der Waals surface area contributed by atoms with Crippen molar-refractivity contribution in [2.45, 2.75) is 26.2 Å². The molecule has 0 spiro atoms. The molecule has 0 unspecified atom stereocenters. The molecule has 0 heterocycles. The van der Waals surface area contributed by atoms with Gasteiger partial charge in [0.1, 0.15) is 12.1 Å². The molecule has 0 aliphatic rings. The van der Waals surface area contributed by atoms with E-state index in [9.17, 15) is 9.59 Å².